The first kappa shape index (κ1) is 8.75. The standard InChI is InChI=1S/C10H9BrO2/c1-13-9-3-2-6-4-7(12)5-8(6)10(9)11/h2-3H,4-5H2,1H3. The Morgan fingerprint density at radius 2 is 2.15 bits per heavy atom. The third kappa shape index (κ3) is 1.37. The lowest BCUT2D eigenvalue weighted by atomic mass is 10.1. The number of ketones is 1. The monoisotopic (exact) mass is 240 g/mol. The summed E-state index contributed by atoms with van der Waals surface area (Å²) in [5, 5.41) is 0. The fourth-order valence-corrected chi connectivity index (χ4v) is 2.32. The number of carbonyl (C=O) groups excluding carboxylic acids is 1. The van der Waals surface area contributed by atoms with Crippen LogP contribution in [0.5, 0.6) is 5.75 Å². The molecule has 0 bridgehead atoms. The highest BCUT2D eigenvalue weighted by Crippen LogP contribution is 2.34. The minimum absolute atomic E-state index is 0.281. The molecule has 0 saturated carbocycles. The molecule has 1 aromatic rings. The van der Waals surface area contributed by atoms with E-state index in [0.29, 0.717) is 12.8 Å². The van der Waals surface area contributed by atoms with Crippen LogP contribution in [0.2, 0.25) is 0 Å². The van der Waals surface area contributed by atoms with Gasteiger partial charge in [0.05, 0.1) is 11.6 Å². The number of rotatable bonds is 1. The van der Waals surface area contributed by atoms with Crippen molar-refractivity contribution >= 4 is 21.7 Å². The Labute approximate surface area is 85.0 Å². The van der Waals surface area contributed by atoms with Crippen LogP contribution in [0.25, 0.3) is 0 Å². The summed E-state index contributed by atoms with van der Waals surface area (Å²) in [5.74, 6) is 1.08. The van der Waals surface area contributed by atoms with E-state index in [2.05, 4.69) is 15.9 Å². The van der Waals surface area contributed by atoms with Crippen molar-refractivity contribution in [1.82, 2.24) is 0 Å². The molecule has 0 spiro atoms. The van der Waals surface area contributed by atoms with Gasteiger partial charge in [-0.15, -0.1) is 0 Å². The van der Waals surface area contributed by atoms with Crippen LogP contribution in [0, 0.1) is 0 Å². The lowest BCUT2D eigenvalue weighted by Gasteiger charge is -2.06. The molecule has 2 rings (SSSR count). The summed E-state index contributed by atoms with van der Waals surface area (Å²) in [6.07, 6.45) is 1.10. The summed E-state index contributed by atoms with van der Waals surface area (Å²) in [6.45, 7) is 0. The fraction of sp³-hybridized carbons (Fsp3) is 0.300. The molecule has 2 nitrogen and oxygen atoms in total. The van der Waals surface area contributed by atoms with E-state index in [9.17, 15) is 4.79 Å². The van der Waals surface area contributed by atoms with Gasteiger partial charge in [0.1, 0.15) is 11.5 Å². The van der Waals surface area contributed by atoms with Gasteiger partial charge in [-0.3, -0.25) is 4.79 Å². The predicted molar refractivity (Wildman–Crippen MR) is 53.1 cm³/mol. The molecule has 0 aliphatic heterocycles. The van der Waals surface area contributed by atoms with Crippen molar-refractivity contribution in [3.8, 4) is 5.75 Å². The van der Waals surface area contributed by atoms with Gasteiger partial charge in [0, 0.05) is 12.8 Å². The third-order valence-corrected chi connectivity index (χ3v) is 3.16. The van der Waals surface area contributed by atoms with Crippen molar-refractivity contribution in [1.29, 1.82) is 0 Å². The average molecular weight is 241 g/mol. The summed E-state index contributed by atoms with van der Waals surface area (Å²) in [4.78, 5) is 11.2. The summed E-state index contributed by atoms with van der Waals surface area (Å²) in [5.41, 5.74) is 2.21. The molecule has 1 aliphatic rings. The highest BCUT2D eigenvalue weighted by Gasteiger charge is 2.22. The molecule has 0 aromatic heterocycles. The highest BCUT2D eigenvalue weighted by molar-refractivity contribution is 9.10. The SMILES string of the molecule is COc1ccc2c(c1Br)CC(=O)C2. The zero-order valence-corrected chi connectivity index (χ0v) is 8.85. The van der Waals surface area contributed by atoms with Gasteiger partial charge in [-0.1, -0.05) is 6.07 Å². The van der Waals surface area contributed by atoms with Gasteiger partial charge in [0.2, 0.25) is 0 Å². The largest absolute Gasteiger partial charge is 0.496 e. The smallest absolute Gasteiger partial charge is 0.141 e. The number of ether oxygens (including phenoxy) is 1. The van der Waals surface area contributed by atoms with Crippen LogP contribution in [0.3, 0.4) is 0 Å². The Morgan fingerprint density at radius 1 is 1.38 bits per heavy atom. The maximum Gasteiger partial charge on any atom is 0.141 e. The molecule has 1 aliphatic carbocycles. The normalized spacial score (nSPS) is 14.5. The lowest BCUT2D eigenvalue weighted by Crippen LogP contribution is -1.93. The molecule has 0 atom stereocenters. The second-order valence-corrected chi connectivity index (χ2v) is 3.90. The zero-order valence-electron chi connectivity index (χ0n) is 7.26. The van der Waals surface area contributed by atoms with E-state index in [1.54, 1.807) is 7.11 Å². The molecule has 0 fully saturated rings. The molecule has 0 N–H and O–H groups in total. The van der Waals surface area contributed by atoms with E-state index in [-0.39, 0.29) is 5.78 Å². The van der Waals surface area contributed by atoms with Crippen LogP contribution < -0.4 is 4.74 Å². The highest BCUT2D eigenvalue weighted by atomic mass is 79.9. The fourth-order valence-electron chi connectivity index (χ4n) is 1.63. The van der Waals surface area contributed by atoms with Crippen LogP contribution in [0.15, 0.2) is 16.6 Å². The molecule has 3 heteroatoms. The van der Waals surface area contributed by atoms with Crippen molar-refractivity contribution in [2.24, 2.45) is 0 Å². The summed E-state index contributed by atoms with van der Waals surface area (Å²) in [7, 11) is 1.63. The molecule has 1 aromatic carbocycles. The molecular formula is C10H9BrO2. The van der Waals surface area contributed by atoms with Crippen molar-refractivity contribution in [2.45, 2.75) is 12.8 Å². The molecule has 0 heterocycles. The van der Waals surface area contributed by atoms with E-state index in [4.69, 9.17) is 4.74 Å². The summed E-state index contributed by atoms with van der Waals surface area (Å²) < 4.78 is 6.08. The van der Waals surface area contributed by atoms with E-state index in [1.807, 2.05) is 12.1 Å². The number of benzene rings is 1. The van der Waals surface area contributed by atoms with Crippen molar-refractivity contribution in [3.63, 3.8) is 0 Å². The van der Waals surface area contributed by atoms with Crippen molar-refractivity contribution < 1.29 is 9.53 Å². The summed E-state index contributed by atoms with van der Waals surface area (Å²) >= 11 is 3.44. The number of carbonyl (C=O) groups is 1. The number of fused-ring (bicyclic) bond motifs is 1. The first-order chi connectivity index (χ1) is 6.22. The quantitative estimate of drug-likeness (QED) is 0.752. The molecule has 0 saturated heterocycles. The van der Waals surface area contributed by atoms with E-state index in [0.717, 1.165) is 21.3 Å². The first-order valence-electron chi connectivity index (χ1n) is 4.08. The zero-order chi connectivity index (χ0) is 9.42. The Bertz CT molecular complexity index is 371. The van der Waals surface area contributed by atoms with E-state index < -0.39 is 0 Å². The molecule has 13 heavy (non-hydrogen) atoms. The molecule has 0 unspecified atom stereocenters. The van der Waals surface area contributed by atoms with Crippen LogP contribution in [0.4, 0.5) is 0 Å². The third-order valence-electron chi connectivity index (χ3n) is 2.29. The van der Waals surface area contributed by atoms with Crippen molar-refractivity contribution in [3.05, 3.63) is 27.7 Å². The predicted octanol–water partition coefficient (Wildman–Crippen LogP) is 2.13. The Kier molecular flexibility index (Phi) is 2.12. The number of hydrogen-bond acceptors (Lipinski definition) is 2. The maximum absolute atomic E-state index is 11.2. The van der Waals surface area contributed by atoms with Crippen LogP contribution in [0.1, 0.15) is 11.1 Å². The van der Waals surface area contributed by atoms with E-state index in [1.165, 1.54) is 0 Å². The van der Waals surface area contributed by atoms with Gasteiger partial charge in [-0.05, 0) is 33.1 Å². The number of halogens is 1. The minimum Gasteiger partial charge on any atom is -0.496 e. The Balaban J connectivity index is 2.54. The second-order valence-electron chi connectivity index (χ2n) is 3.11. The van der Waals surface area contributed by atoms with Gasteiger partial charge in [0.15, 0.2) is 0 Å². The first-order valence-corrected chi connectivity index (χ1v) is 4.87. The van der Waals surface area contributed by atoms with Gasteiger partial charge in [-0.2, -0.15) is 0 Å². The van der Waals surface area contributed by atoms with Crippen LogP contribution in [-0.4, -0.2) is 12.9 Å². The Morgan fingerprint density at radius 3 is 2.85 bits per heavy atom. The topological polar surface area (TPSA) is 26.3 Å². The molecular weight excluding hydrogens is 232 g/mol. The summed E-state index contributed by atoms with van der Waals surface area (Å²) in [6, 6.07) is 3.85. The van der Waals surface area contributed by atoms with E-state index >= 15 is 0 Å². The van der Waals surface area contributed by atoms with Gasteiger partial charge in [-0.25, -0.2) is 0 Å². The van der Waals surface area contributed by atoms with Gasteiger partial charge in [0.25, 0.3) is 0 Å². The van der Waals surface area contributed by atoms with Crippen LogP contribution in [-0.2, 0) is 17.6 Å². The number of methoxy groups -OCH3 is 1. The number of Topliss-reactive ketones (excluding diaryl/α,β-unsaturated/α-hetero) is 1. The number of hydrogen-bond donors (Lipinski definition) is 0. The van der Waals surface area contributed by atoms with Gasteiger partial charge >= 0.3 is 0 Å². The average Bonchev–Trinajstić information content (AvgIpc) is 2.47. The maximum atomic E-state index is 11.2. The molecule has 68 valence electrons. The molecule has 0 radical (unpaired) electrons. The van der Waals surface area contributed by atoms with Gasteiger partial charge < -0.3 is 4.74 Å². The van der Waals surface area contributed by atoms with Crippen molar-refractivity contribution in [2.75, 3.05) is 7.11 Å². The second kappa shape index (κ2) is 3.14. The Hall–Kier alpha value is -0.830. The molecule has 0 amide bonds. The minimum atomic E-state index is 0.281. The lowest BCUT2D eigenvalue weighted by molar-refractivity contribution is -0.117. The van der Waals surface area contributed by atoms with Crippen LogP contribution >= 0.6 is 15.9 Å².